The van der Waals surface area contributed by atoms with Gasteiger partial charge in [0.1, 0.15) is 5.84 Å². The quantitative estimate of drug-likeness (QED) is 0.348. The average molecular weight is 404 g/mol. The van der Waals surface area contributed by atoms with E-state index in [1.165, 1.54) is 11.3 Å². The van der Waals surface area contributed by atoms with E-state index in [9.17, 15) is 4.79 Å². The molecule has 26 heavy (non-hydrogen) atoms. The standard InChI is InChI=1S/C19H18ClN3OS2/c1-23(2)19(21)13-5-3-12(4-6-13)14-11-25-18(22-14)10-7-15(24)16-8-9-17(20)26-16/h3-6,8-9,11,21H,7,10H2,1-2H3. The van der Waals surface area contributed by atoms with Crippen LogP contribution in [0.4, 0.5) is 0 Å². The summed E-state index contributed by atoms with van der Waals surface area (Å²) in [5.41, 5.74) is 2.79. The van der Waals surface area contributed by atoms with Crippen molar-refractivity contribution in [2.45, 2.75) is 12.8 Å². The van der Waals surface area contributed by atoms with Crippen LogP contribution in [0.15, 0.2) is 41.8 Å². The van der Waals surface area contributed by atoms with Crippen molar-refractivity contribution < 1.29 is 4.79 Å². The summed E-state index contributed by atoms with van der Waals surface area (Å²) in [5, 5.41) is 11.0. The number of ketones is 1. The van der Waals surface area contributed by atoms with Gasteiger partial charge in [-0.3, -0.25) is 10.2 Å². The number of hydrogen-bond acceptors (Lipinski definition) is 5. The molecule has 0 bridgehead atoms. The molecular formula is C19H18ClN3OS2. The van der Waals surface area contributed by atoms with E-state index in [2.05, 4.69) is 4.98 Å². The lowest BCUT2D eigenvalue weighted by molar-refractivity contribution is 0.0986. The molecule has 0 radical (unpaired) electrons. The van der Waals surface area contributed by atoms with Gasteiger partial charge in [0.05, 0.1) is 19.9 Å². The van der Waals surface area contributed by atoms with Gasteiger partial charge in [-0.2, -0.15) is 0 Å². The fourth-order valence-electron chi connectivity index (χ4n) is 2.42. The molecule has 0 aliphatic heterocycles. The number of aryl methyl sites for hydroxylation is 1. The predicted octanol–water partition coefficient (Wildman–Crippen LogP) is 5.23. The molecule has 3 aromatic rings. The largest absolute Gasteiger partial charge is 0.363 e. The number of carbonyl (C=O) groups is 1. The Hall–Kier alpha value is -2.02. The van der Waals surface area contributed by atoms with E-state index >= 15 is 0 Å². The van der Waals surface area contributed by atoms with E-state index in [0.29, 0.717) is 27.9 Å². The molecule has 0 spiro atoms. The van der Waals surface area contributed by atoms with Crippen molar-refractivity contribution in [1.29, 1.82) is 5.41 Å². The summed E-state index contributed by atoms with van der Waals surface area (Å²) in [6, 6.07) is 11.3. The molecule has 0 fully saturated rings. The Morgan fingerprint density at radius 2 is 1.92 bits per heavy atom. The van der Waals surface area contributed by atoms with Crippen LogP contribution >= 0.6 is 34.3 Å². The molecule has 4 nitrogen and oxygen atoms in total. The maximum Gasteiger partial charge on any atom is 0.173 e. The summed E-state index contributed by atoms with van der Waals surface area (Å²) in [4.78, 5) is 19.3. The topological polar surface area (TPSA) is 57.1 Å². The van der Waals surface area contributed by atoms with Crippen LogP contribution in [-0.2, 0) is 6.42 Å². The number of thiophene rings is 1. The average Bonchev–Trinajstić information content (AvgIpc) is 3.28. The summed E-state index contributed by atoms with van der Waals surface area (Å²) in [6.07, 6.45) is 1.06. The zero-order valence-corrected chi connectivity index (χ0v) is 16.8. The summed E-state index contributed by atoms with van der Waals surface area (Å²) in [5.74, 6) is 0.577. The molecule has 2 aromatic heterocycles. The number of rotatable bonds is 6. The van der Waals surface area contributed by atoms with E-state index in [-0.39, 0.29) is 5.78 Å². The molecule has 0 unspecified atom stereocenters. The van der Waals surface area contributed by atoms with Crippen LogP contribution in [0, 0.1) is 5.41 Å². The van der Waals surface area contributed by atoms with Crippen molar-refractivity contribution in [1.82, 2.24) is 9.88 Å². The number of nitrogens with zero attached hydrogens (tertiary/aromatic N) is 2. The van der Waals surface area contributed by atoms with Gasteiger partial charge in [-0.15, -0.1) is 22.7 Å². The van der Waals surface area contributed by atoms with E-state index in [1.54, 1.807) is 28.4 Å². The van der Waals surface area contributed by atoms with Gasteiger partial charge in [0, 0.05) is 43.4 Å². The Kier molecular flexibility index (Phi) is 5.86. The normalized spacial score (nSPS) is 10.7. The van der Waals surface area contributed by atoms with Gasteiger partial charge in [0.2, 0.25) is 0 Å². The Balaban J connectivity index is 1.64. The zero-order valence-electron chi connectivity index (χ0n) is 14.5. The van der Waals surface area contributed by atoms with Crippen LogP contribution in [0.25, 0.3) is 11.3 Å². The van der Waals surface area contributed by atoms with E-state index in [4.69, 9.17) is 17.0 Å². The van der Waals surface area contributed by atoms with E-state index in [0.717, 1.165) is 21.8 Å². The van der Waals surface area contributed by atoms with Crippen LogP contribution in [-0.4, -0.2) is 35.6 Å². The number of nitrogens with one attached hydrogen (secondary N) is 1. The smallest absolute Gasteiger partial charge is 0.173 e. The van der Waals surface area contributed by atoms with Crippen molar-refractivity contribution in [2.24, 2.45) is 0 Å². The van der Waals surface area contributed by atoms with Crippen molar-refractivity contribution in [3.63, 3.8) is 0 Å². The molecule has 134 valence electrons. The van der Waals surface area contributed by atoms with Gasteiger partial charge in [0.15, 0.2) is 5.78 Å². The minimum atomic E-state index is 0.102. The lowest BCUT2D eigenvalue weighted by atomic mass is 10.1. The molecular weight excluding hydrogens is 386 g/mol. The molecule has 0 amide bonds. The second-order valence-electron chi connectivity index (χ2n) is 5.97. The highest BCUT2D eigenvalue weighted by Gasteiger charge is 2.12. The Labute approximate surface area is 165 Å². The Morgan fingerprint density at radius 1 is 1.19 bits per heavy atom. The first-order valence-corrected chi connectivity index (χ1v) is 10.1. The van der Waals surface area contributed by atoms with Gasteiger partial charge < -0.3 is 4.90 Å². The molecule has 1 N–H and O–H groups in total. The predicted molar refractivity (Wildman–Crippen MR) is 110 cm³/mol. The number of benzene rings is 1. The maximum atomic E-state index is 12.2. The van der Waals surface area contributed by atoms with Gasteiger partial charge in [-0.05, 0) is 12.1 Å². The number of amidine groups is 1. The van der Waals surface area contributed by atoms with Crippen LogP contribution in [0.5, 0.6) is 0 Å². The highest BCUT2D eigenvalue weighted by molar-refractivity contribution is 7.18. The van der Waals surface area contributed by atoms with Gasteiger partial charge >= 0.3 is 0 Å². The van der Waals surface area contributed by atoms with Crippen molar-refractivity contribution >= 4 is 45.9 Å². The Bertz CT molecular complexity index is 928. The van der Waals surface area contributed by atoms with E-state index < -0.39 is 0 Å². The number of halogens is 1. The highest BCUT2D eigenvalue weighted by atomic mass is 35.5. The van der Waals surface area contributed by atoms with Gasteiger partial charge in [-0.25, -0.2) is 4.98 Å². The number of aromatic nitrogens is 1. The second-order valence-corrected chi connectivity index (χ2v) is 8.63. The first-order valence-electron chi connectivity index (χ1n) is 8.03. The fraction of sp³-hybridized carbons (Fsp3) is 0.211. The minimum absolute atomic E-state index is 0.102. The summed E-state index contributed by atoms with van der Waals surface area (Å²) in [6.45, 7) is 0. The molecule has 0 atom stereocenters. The van der Waals surface area contributed by atoms with Crippen molar-refractivity contribution in [3.05, 3.63) is 61.6 Å². The number of thiazole rings is 1. The number of Topliss-reactive ketones (excluding diaryl/α,β-unsaturated/α-hetero) is 1. The molecule has 0 saturated heterocycles. The SMILES string of the molecule is CN(C)C(=N)c1ccc(-c2csc(CCC(=O)c3ccc(Cl)s3)n2)cc1. The molecule has 3 rings (SSSR count). The first kappa shape index (κ1) is 18.8. The number of carbonyl (C=O) groups excluding carboxylic acids is 1. The Morgan fingerprint density at radius 3 is 2.54 bits per heavy atom. The monoisotopic (exact) mass is 403 g/mol. The third-order valence-corrected chi connectivity index (χ3v) is 6.05. The molecule has 0 aliphatic rings. The van der Waals surface area contributed by atoms with Crippen molar-refractivity contribution in [3.8, 4) is 11.3 Å². The molecule has 0 aliphatic carbocycles. The summed E-state index contributed by atoms with van der Waals surface area (Å²) in [7, 11) is 3.71. The molecule has 0 saturated carbocycles. The van der Waals surface area contributed by atoms with E-state index in [1.807, 2.05) is 43.7 Å². The second kappa shape index (κ2) is 8.12. The van der Waals surface area contributed by atoms with Gasteiger partial charge in [0.25, 0.3) is 0 Å². The summed E-state index contributed by atoms with van der Waals surface area (Å²) >= 11 is 8.76. The first-order chi connectivity index (χ1) is 12.4. The van der Waals surface area contributed by atoms with Crippen LogP contribution < -0.4 is 0 Å². The van der Waals surface area contributed by atoms with Crippen LogP contribution in [0.1, 0.15) is 26.7 Å². The third kappa shape index (κ3) is 4.38. The lowest BCUT2D eigenvalue weighted by Gasteiger charge is -2.13. The third-order valence-electron chi connectivity index (χ3n) is 3.87. The fourth-order valence-corrected chi connectivity index (χ4v) is 4.24. The molecule has 7 heteroatoms. The number of hydrogen-bond donors (Lipinski definition) is 1. The van der Waals surface area contributed by atoms with Crippen molar-refractivity contribution in [2.75, 3.05) is 14.1 Å². The zero-order chi connectivity index (χ0) is 18.7. The maximum absolute atomic E-state index is 12.2. The van der Waals surface area contributed by atoms with Crippen LogP contribution in [0.3, 0.4) is 0 Å². The van der Waals surface area contributed by atoms with Crippen LogP contribution in [0.2, 0.25) is 4.34 Å². The minimum Gasteiger partial charge on any atom is -0.363 e. The highest BCUT2D eigenvalue weighted by Crippen LogP contribution is 2.25. The molecule has 2 heterocycles. The lowest BCUT2D eigenvalue weighted by Crippen LogP contribution is -2.21. The van der Waals surface area contributed by atoms with Gasteiger partial charge in [-0.1, -0.05) is 35.9 Å². The summed E-state index contributed by atoms with van der Waals surface area (Å²) < 4.78 is 0.635. The molecule has 1 aromatic carbocycles.